The normalized spacial score (nSPS) is 24.2. The summed E-state index contributed by atoms with van der Waals surface area (Å²) >= 11 is 0. The van der Waals surface area contributed by atoms with E-state index in [1.165, 1.54) is 0 Å². The molecule has 0 heterocycles. The standard InChI is InChI=1S/C12H19NO4/c1-12(2,3)17-11(16)13-9-7-5-4-6-8(9)10(14)15/h4-5,8-9H,6-7H2,1-3H3,(H,13,16)(H,14,15)/t8-,9+/m1/s1. The number of carboxylic acid groups (broad SMARTS) is 1. The second-order valence-corrected chi connectivity index (χ2v) is 5.14. The average molecular weight is 241 g/mol. The Morgan fingerprint density at radius 3 is 2.41 bits per heavy atom. The summed E-state index contributed by atoms with van der Waals surface area (Å²) in [5.74, 6) is -1.47. The van der Waals surface area contributed by atoms with Crippen LogP contribution in [0, 0.1) is 5.92 Å². The van der Waals surface area contributed by atoms with Crippen molar-refractivity contribution in [1.29, 1.82) is 0 Å². The molecule has 0 fully saturated rings. The molecule has 0 saturated carbocycles. The molecule has 0 unspecified atom stereocenters. The monoisotopic (exact) mass is 241 g/mol. The molecule has 5 heteroatoms. The Hall–Kier alpha value is -1.52. The number of amides is 1. The van der Waals surface area contributed by atoms with Crippen LogP contribution in [0.3, 0.4) is 0 Å². The largest absolute Gasteiger partial charge is 0.481 e. The van der Waals surface area contributed by atoms with Crippen LogP contribution in [0.2, 0.25) is 0 Å². The van der Waals surface area contributed by atoms with Gasteiger partial charge in [-0.1, -0.05) is 12.2 Å². The minimum Gasteiger partial charge on any atom is -0.481 e. The van der Waals surface area contributed by atoms with Gasteiger partial charge in [-0.2, -0.15) is 0 Å². The molecule has 0 spiro atoms. The lowest BCUT2D eigenvalue weighted by molar-refractivity contribution is -0.142. The van der Waals surface area contributed by atoms with Gasteiger partial charge in [0.2, 0.25) is 0 Å². The molecule has 1 aliphatic rings. The maximum absolute atomic E-state index is 11.5. The van der Waals surface area contributed by atoms with E-state index in [-0.39, 0.29) is 0 Å². The number of nitrogens with one attached hydrogen (secondary N) is 1. The topological polar surface area (TPSA) is 75.6 Å². The highest BCUT2D eigenvalue weighted by molar-refractivity contribution is 5.74. The number of allylic oxidation sites excluding steroid dienone is 1. The smallest absolute Gasteiger partial charge is 0.407 e. The molecule has 0 radical (unpaired) electrons. The number of hydrogen-bond acceptors (Lipinski definition) is 3. The van der Waals surface area contributed by atoms with Crippen LogP contribution in [0.5, 0.6) is 0 Å². The van der Waals surface area contributed by atoms with E-state index in [9.17, 15) is 9.59 Å². The zero-order valence-electron chi connectivity index (χ0n) is 10.4. The van der Waals surface area contributed by atoms with E-state index in [0.29, 0.717) is 12.8 Å². The van der Waals surface area contributed by atoms with Gasteiger partial charge in [-0.15, -0.1) is 0 Å². The summed E-state index contributed by atoms with van der Waals surface area (Å²) in [5, 5.41) is 11.6. The molecular formula is C12H19NO4. The maximum atomic E-state index is 11.5. The number of alkyl carbamates (subject to hydrolysis) is 1. The van der Waals surface area contributed by atoms with Crippen molar-refractivity contribution >= 4 is 12.1 Å². The van der Waals surface area contributed by atoms with E-state index in [1.54, 1.807) is 20.8 Å². The van der Waals surface area contributed by atoms with E-state index in [2.05, 4.69) is 5.32 Å². The van der Waals surface area contributed by atoms with Crippen LogP contribution < -0.4 is 5.32 Å². The molecule has 96 valence electrons. The van der Waals surface area contributed by atoms with Crippen LogP contribution in [-0.4, -0.2) is 28.8 Å². The molecule has 0 bridgehead atoms. The molecule has 1 amide bonds. The van der Waals surface area contributed by atoms with E-state index in [1.807, 2.05) is 12.2 Å². The van der Waals surface area contributed by atoms with Gasteiger partial charge in [-0.25, -0.2) is 4.79 Å². The molecule has 2 atom stereocenters. The van der Waals surface area contributed by atoms with Crippen molar-refractivity contribution in [3.05, 3.63) is 12.2 Å². The van der Waals surface area contributed by atoms with Crippen LogP contribution in [0.4, 0.5) is 4.79 Å². The SMILES string of the molecule is CC(C)(C)OC(=O)N[C@H]1CC=CC[C@H]1C(=O)O. The first-order valence-electron chi connectivity index (χ1n) is 5.67. The zero-order chi connectivity index (χ0) is 13.1. The second-order valence-electron chi connectivity index (χ2n) is 5.14. The van der Waals surface area contributed by atoms with Crippen LogP contribution >= 0.6 is 0 Å². The number of carboxylic acids is 1. The average Bonchev–Trinajstić information content (AvgIpc) is 2.14. The Labute approximate surface area is 101 Å². The quantitative estimate of drug-likeness (QED) is 0.724. The Morgan fingerprint density at radius 2 is 1.88 bits per heavy atom. The first-order valence-corrected chi connectivity index (χ1v) is 5.67. The summed E-state index contributed by atoms with van der Waals surface area (Å²) in [6, 6.07) is -0.396. The van der Waals surface area contributed by atoms with E-state index < -0.39 is 29.6 Å². The Balaban J connectivity index is 2.57. The van der Waals surface area contributed by atoms with Crippen molar-refractivity contribution < 1.29 is 19.4 Å². The Bertz CT molecular complexity index is 330. The number of hydrogen-bond donors (Lipinski definition) is 2. The van der Waals surface area contributed by atoms with Gasteiger partial charge in [0, 0.05) is 6.04 Å². The third kappa shape index (κ3) is 4.46. The molecule has 1 aliphatic carbocycles. The lowest BCUT2D eigenvalue weighted by Gasteiger charge is -2.28. The molecule has 2 N–H and O–H groups in total. The minimum absolute atomic E-state index is 0.396. The van der Waals surface area contributed by atoms with Gasteiger partial charge in [0.05, 0.1) is 5.92 Å². The van der Waals surface area contributed by atoms with Gasteiger partial charge in [-0.05, 0) is 33.6 Å². The summed E-state index contributed by atoms with van der Waals surface area (Å²) in [7, 11) is 0. The lowest BCUT2D eigenvalue weighted by atomic mass is 9.89. The fraction of sp³-hybridized carbons (Fsp3) is 0.667. The number of ether oxygens (including phenoxy) is 1. The van der Waals surface area contributed by atoms with Crippen molar-refractivity contribution in [1.82, 2.24) is 5.32 Å². The Morgan fingerprint density at radius 1 is 1.29 bits per heavy atom. The molecule has 5 nitrogen and oxygen atoms in total. The summed E-state index contributed by atoms with van der Waals surface area (Å²) in [4.78, 5) is 22.6. The highest BCUT2D eigenvalue weighted by atomic mass is 16.6. The third-order valence-electron chi connectivity index (χ3n) is 2.45. The molecule has 1 rings (SSSR count). The van der Waals surface area contributed by atoms with Crippen LogP contribution in [-0.2, 0) is 9.53 Å². The summed E-state index contributed by atoms with van der Waals surface area (Å²) < 4.78 is 5.10. The summed E-state index contributed by atoms with van der Waals surface area (Å²) in [5.41, 5.74) is -0.576. The first-order chi connectivity index (χ1) is 7.79. The van der Waals surface area contributed by atoms with Crippen molar-refractivity contribution in [3.8, 4) is 0 Å². The molecule has 0 aromatic rings. The molecule has 0 aromatic carbocycles. The number of aliphatic carboxylic acids is 1. The highest BCUT2D eigenvalue weighted by Crippen LogP contribution is 2.20. The van der Waals surface area contributed by atoms with Gasteiger partial charge >= 0.3 is 12.1 Å². The number of rotatable bonds is 2. The predicted octanol–water partition coefficient (Wildman–Crippen LogP) is 1.93. The highest BCUT2D eigenvalue weighted by Gasteiger charge is 2.31. The molecule has 0 saturated heterocycles. The number of carbonyl (C=O) groups is 2. The fourth-order valence-electron chi connectivity index (χ4n) is 1.71. The summed E-state index contributed by atoms with van der Waals surface area (Å²) in [6.45, 7) is 5.30. The predicted molar refractivity (Wildman–Crippen MR) is 62.7 cm³/mol. The first kappa shape index (κ1) is 13.5. The van der Waals surface area contributed by atoms with Crippen molar-refractivity contribution in [2.75, 3.05) is 0 Å². The van der Waals surface area contributed by atoms with Crippen LogP contribution in [0.1, 0.15) is 33.6 Å². The van der Waals surface area contributed by atoms with E-state index >= 15 is 0 Å². The molecule has 0 aromatic heterocycles. The van der Waals surface area contributed by atoms with Crippen molar-refractivity contribution in [2.45, 2.75) is 45.3 Å². The van der Waals surface area contributed by atoms with Gasteiger partial charge in [-0.3, -0.25) is 4.79 Å². The second kappa shape index (κ2) is 5.21. The van der Waals surface area contributed by atoms with Crippen LogP contribution in [0.25, 0.3) is 0 Å². The molecule has 17 heavy (non-hydrogen) atoms. The molecule has 0 aliphatic heterocycles. The minimum atomic E-state index is -0.893. The van der Waals surface area contributed by atoms with Crippen molar-refractivity contribution in [3.63, 3.8) is 0 Å². The van der Waals surface area contributed by atoms with Crippen molar-refractivity contribution in [2.24, 2.45) is 5.92 Å². The zero-order valence-corrected chi connectivity index (χ0v) is 10.4. The Kier molecular flexibility index (Phi) is 4.15. The van der Waals surface area contributed by atoms with Crippen LogP contribution in [0.15, 0.2) is 12.2 Å². The maximum Gasteiger partial charge on any atom is 0.407 e. The van der Waals surface area contributed by atoms with Gasteiger partial charge in [0.1, 0.15) is 5.60 Å². The van der Waals surface area contributed by atoms with Gasteiger partial charge in [0.25, 0.3) is 0 Å². The fourth-order valence-corrected chi connectivity index (χ4v) is 1.71. The summed E-state index contributed by atoms with van der Waals surface area (Å²) in [6.07, 6.45) is 4.10. The number of carbonyl (C=O) groups excluding carboxylic acids is 1. The van der Waals surface area contributed by atoms with Gasteiger partial charge in [0.15, 0.2) is 0 Å². The molecular weight excluding hydrogens is 222 g/mol. The van der Waals surface area contributed by atoms with E-state index in [4.69, 9.17) is 9.84 Å². The lowest BCUT2D eigenvalue weighted by Crippen LogP contribution is -2.45. The van der Waals surface area contributed by atoms with E-state index in [0.717, 1.165) is 0 Å². The third-order valence-corrected chi connectivity index (χ3v) is 2.45. The van der Waals surface area contributed by atoms with Gasteiger partial charge < -0.3 is 15.2 Å².